The highest BCUT2D eigenvalue weighted by Crippen LogP contribution is 2.38. The van der Waals surface area contributed by atoms with Crippen LogP contribution in [0.4, 0.5) is 0 Å². The Kier molecular flexibility index (Phi) is 41.6. The van der Waals surface area contributed by atoms with Gasteiger partial charge in [-0.25, -0.2) is 0 Å². The normalized spacial score (nSPS) is 13.4. The van der Waals surface area contributed by atoms with Crippen LogP contribution in [-0.2, 0) is 32.7 Å². The molecule has 0 fully saturated rings. The molecule has 2 atom stereocenters. The molecule has 0 aliphatic rings. The van der Waals surface area contributed by atoms with Gasteiger partial charge in [0, 0.05) is 12.8 Å². The maximum Gasteiger partial charge on any atom is 0.306 e. The standard InChI is InChI=1S/C49H98NO8P/c1-6-8-10-12-14-16-18-20-22-24-26-28-30-32-34-36-38-40-42-49(52)58-47(46-57-59(53,54)56-44-43-50(3,4)5)45-55-48(51)41-39-37-35-33-31-29-27-25-23-21-19-17-15-13-11-9-7-2/h47H,6-46H2,1-5H3. The molecule has 0 heterocycles. The minimum Gasteiger partial charge on any atom is -0.756 e. The lowest BCUT2D eigenvalue weighted by Gasteiger charge is -2.28. The van der Waals surface area contributed by atoms with Crippen LogP contribution < -0.4 is 4.89 Å². The van der Waals surface area contributed by atoms with E-state index < -0.39 is 26.5 Å². The van der Waals surface area contributed by atoms with Crippen molar-refractivity contribution < 1.29 is 42.1 Å². The predicted molar refractivity (Wildman–Crippen MR) is 245 cm³/mol. The lowest BCUT2D eigenvalue weighted by atomic mass is 10.0. The number of likely N-dealkylation sites (N-methyl/N-ethyl adjacent to an activating group) is 1. The highest BCUT2D eigenvalue weighted by molar-refractivity contribution is 7.45. The second-order valence-corrected chi connectivity index (χ2v) is 20.0. The Morgan fingerprint density at radius 2 is 0.763 bits per heavy atom. The Morgan fingerprint density at radius 1 is 0.458 bits per heavy atom. The van der Waals surface area contributed by atoms with Gasteiger partial charge in [0.05, 0.1) is 27.7 Å². The summed E-state index contributed by atoms with van der Waals surface area (Å²) in [5.74, 6) is -0.814. The van der Waals surface area contributed by atoms with Gasteiger partial charge in [-0.05, 0) is 12.8 Å². The van der Waals surface area contributed by atoms with E-state index in [9.17, 15) is 19.0 Å². The summed E-state index contributed by atoms with van der Waals surface area (Å²) < 4.78 is 34.0. The molecule has 2 unspecified atom stereocenters. The quantitative estimate of drug-likeness (QED) is 0.0257. The molecule has 0 aromatic rings. The van der Waals surface area contributed by atoms with Gasteiger partial charge in [0.25, 0.3) is 7.82 Å². The summed E-state index contributed by atoms with van der Waals surface area (Å²) in [6, 6.07) is 0. The van der Waals surface area contributed by atoms with Gasteiger partial charge in [-0.2, -0.15) is 0 Å². The molecule has 0 radical (unpaired) electrons. The van der Waals surface area contributed by atoms with Gasteiger partial charge >= 0.3 is 11.9 Å². The van der Waals surface area contributed by atoms with E-state index >= 15 is 0 Å². The van der Waals surface area contributed by atoms with Gasteiger partial charge in [0.1, 0.15) is 19.8 Å². The first kappa shape index (κ1) is 58.0. The molecule has 0 N–H and O–H groups in total. The fraction of sp³-hybridized carbons (Fsp3) is 0.959. The summed E-state index contributed by atoms with van der Waals surface area (Å²) in [7, 11) is 1.19. The van der Waals surface area contributed by atoms with Crippen molar-refractivity contribution >= 4 is 19.8 Å². The fourth-order valence-corrected chi connectivity index (χ4v) is 8.15. The van der Waals surface area contributed by atoms with Crippen molar-refractivity contribution in [1.29, 1.82) is 0 Å². The summed E-state index contributed by atoms with van der Waals surface area (Å²) in [5, 5.41) is 0. The van der Waals surface area contributed by atoms with E-state index in [1.807, 2.05) is 21.1 Å². The maximum absolute atomic E-state index is 12.7. The molecule has 0 saturated heterocycles. The number of ether oxygens (including phenoxy) is 2. The Bertz CT molecular complexity index is 974. The monoisotopic (exact) mass is 860 g/mol. The van der Waals surface area contributed by atoms with Crippen molar-refractivity contribution in [3.05, 3.63) is 0 Å². The Labute approximate surface area is 365 Å². The number of phosphoric acid groups is 1. The van der Waals surface area contributed by atoms with E-state index in [0.29, 0.717) is 17.4 Å². The fourth-order valence-electron chi connectivity index (χ4n) is 7.42. The number of hydrogen-bond acceptors (Lipinski definition) is 8. The lowest BCUT2D eigenvalue weighted by molar-refractivity contribution is -0.870. The van der Waals surface area contributed by atoms with Crippen LogP contribution in [-0.4, -0.2) is 70.0 Å². The number of hydrogen-bond donors (Lipinski definition) is 0. The average molecular weight is 860 g/mol. The number of esters is 2. The SMILES string of the molecule is CCCCCCCCCCCCCCCCCCCCC(=O)OC(COC(=O)CCCCCCCCCCCCCCCCCCC)COP(=O)([O-])OCC[N+](C)(C)C. The molecule has 9 nitrogen and oxygen atoms in total. The largest absolute Gasteiger partial charge is 0.756 e. The Morgan fingerprint density at radius 3 is 1.08 bits per heavy atom. The van der Waals surface area contributed by atoms with Crippen molar-refractivity contribution in [2.24, 2.45) is 0 Å². The topological polar surface area (TPSA) is 111 Å². The molecule has 59 heavy (non-hydrogen) atoms. The molecule has 0 bridgehead atoms. The summed E-state index contributed by atoms with van der Waals surface area (Å²) in [6.07, 6.45) is 44.1. The number of phosphoric ester groups is 1. The van der Waals surface area contributed by atoms with Gasteiger partial charge in [-0.1, -0.05) is 226 Å². The summed E-state index contributed by atoms with van der Waals surface area (Å²) in [4.78, 5) is 37.7. The number of nitrogens with zero attached hydrogens (tertiary/aromatic N) is 1. The number of quaternary nitrogens is 1. The zero-order chi connectivity index (χ0) is 43.6. The highest BCUT2D eigenvalue weighted by Gasteiger charge is 2.21. The van der Waals surface area contributed by atoms with E-state index in [4.69, 9.17) is 18.5 Å². The molecule has 0 spiro atoms. The Balaban J connectivity index is 4.22. The molecular weight excluding hydrogens is 762 g/mol. The van der Waals surface area contributed by atoms with E-state index in [0.717, 1.165) is 32.1 Å². The van der Waals surface area contributed by atoms with Crippen LogP contribution in [0.25, 0.3) is 0 Å². The second kappa shape index (κ2) is 42.3. The van der Waals surface area contributed by atoms with E-state index in [1.165, 1.54) is 186 Å². The van der Waals surface area contributed by atoms with Gasteiger partial charge in [-0.3, -0.25) is 14.2 Å². The average Bonchev–Trinajstić information content (AvgIpc) is 3.19. The Hall–Kier alpha value is -0.990. The third-order valence-electron chi connectivity index (χ3n) is 11.4. The summed E-state index contributed by atoms with van der Waals surface area (Å²) in [6.45, 7) is 4.29. The van der Waals surface area contributed by atoms with Crippen molar-refractivity contribution in [1.82, 2.24) is 0 Å². The second-order valence-electron chi connectivity index (χ2n) is 18.6. The van der Waals surface area contributed by atoms with Crippen molar-refractivity contribution in [2.45, 2.75) is 258 Å². The predicted octanol–water partition coefficient (Wildman–Crippen LogP) is 14.1. The van der Waals surface area contributed by atoms with Crippen LogP contribution in [0, 0.1) is 0 Å². The van der Waals surface area contributed by atoms with Gasteiger partial charge in [-0.15, -0.1) is 0 Å². The minimum atomic E-state index is -4.62. The number of carbonyl (C=O) groups is 2. The first-order chi connectivity index (χ1) is 28.5. The smallest absolute Gasteiger partial charge is 0.306 e. The molecule has 10 heteroatoms. The lowest BCUT2D eigenvalue weighted by Crippen LogP contribution is -2.37. The third-order valence-corrected chi connectivity index (χ3v) is 12.3. The molecule has 0 saturated carbocycles. The van der Waals surface area contributed by atoms with Crippen LogP contribution in [0.15, 0.2) is 0 Å². The van der Waals surface area contributed by atoms with Crippen LogP contribution in [0.2, 0.25) is 0 Å². The van der Waals surface area contributed by atoms with Crippen molar-refractivity contribution in [2.75, 3.05) is 47.5 Å². The van der Waals surface area contributed by atoms with Gasteiger partial charge < -0.3 is 27.9 Å². The van der Waals surface area contributed by atoms with Crippen LogP contribution in [0.1, 0.15) is 251 Å². The molecule has 0 amide bonds. The molecule has 0 aromatic carbocycles. The van der Waals surface area contributed by atoms with Gasteiger partial charge in [0.15, 0.2) is 6.10 Å². The van der Waals surface area contributed by atoms with E-state index in [-0.39, 0.29) is 32.0 Å². The van der Waals surface area contributed by atoms with E-state index in [1.54, 1.807) is 0 Å². The summed E-state index contributed by atoms with van der Waals surface area (Å²) >= 11 is 0. The molecule has 0 aromatic heterocycles. The van der Waals surface area contributed by atoms with Crippen molar-refractivity contribution in [3.8, 4) is 0 Å². The maximum atomic E-state index is 12.7. The summed E-state index contributed by atoms with van der Waals surface area (Å²) in [5.41, 5.74) is 0. The molecule has 0 aliphatic carbocycles. The molecule has 352 valence electrons. The van der Waals surface area contributed by atoms with Crippen LogP contribution >= 0.6 is 7.82 Å². The minimum absolute atomic E-state index is 0.0254. The zero-order valence-corrected chi connectivity index (χ0v) is 40.6. The third kappa shape index (κ3) is 46.3. The zero-order valence-electron chi connectivity index (χ0n) is 39.7. The number of unbranched alkanes of at least 4 members (excludes halogenated alkanes) is 33. The van der Waals surface area contributed by atoms with Crippen LogP contribution in [0.5, 0.6) is 0 Å². The van der Waals surface area contributed by atoms with Crippen molar-refractivity contribution in [3.63, 3.8) is 0 Å². The number of carbonyl (C=O) groups excluding carboxylic acids is 2. The first-order valence-corrected chi connectivity index (χ1v) is 26.7. The van der Waals surface area contributed by atoms with Gasteiger partial charge in [0.2, 0.25) is 0 Å². The van der Waals surface area contributed by atoms with Crippen LogP contribution in [0.3, 0.4) is 0 Å². The highest BCUT2D eigenvalue weighted by atomic mass is 31.2. The molecule has 0 aliphatic heterocycles. The molecular formula is C49H98NO8P. The first-order valence-electron chi connectivity index (χ1n) is 25.2. The molecule has 0 rings (SSSR count). The number of rotatable bonds is 47. The van der Waals surface area contributed by atoms with E-state index in [2.05, 4.69) is 13.8 Å².